The normalized spacial score (nSPS) is 13.8. The van der Waals surface area contributed by atoms with Crippen molar-refractivity contribution in [1.29, 1.82) is 0 Å². The number of rotatable bonds is 8. The van der Waals surface area contributed by atoms with Crippen molar-refractivity contribution in [2.45, 2.75) is 39.7 Å². The molecule has 1 aliphatic heterocycles. The minimum Gasteiger partial charge on any atom is -0.490 e. The molecule has 7 heteroatoms. The fourth-order valence-corrected chi connectivity index (χ4v) is 4.43. The van der Waals surface area contributed by atoms with Gasteiger partial charge in [0.15, 0.2) is 18.1 Å². The highest BCUT2D eigenvalue weighted by molar-refractivity contribution is 7.10. The fraction of sp³-hybridized carbons (Fsp3) is 0.478. The molecule has 0 atom stereocenters. The van der Waals surface area contributed by atoms with Gasteiger partial charge in [0.2, 0.25) is 0 Å². The summed E-state index contributed by atoms with van der Waals surface area (Å²) in [5, 5.41) is 2.04. The summed E-state index contributed by atoms with van der Waals surface area (Å²) in [5.41, 5.74) is 1.72. The summed E-state index contributed by atoms with van der Waals surface area (Å²) >= 11 is 1.65. The molecule has 0 N–H and O–H groups in total. The molecule has 0 saturated carbocycles. The minimum atomic E-state index is -0.0836. The van der Waals surface area contributed by atoms with E-state index in [-0.39, 0.29) is 18.4 Å². The summed E-state index contributed by atoms with van der Waals surface area (Å²) in [7, 11) is 1.80. The van der Waals surface area contributed by atoms with Crippen LogP contribution in [0.5, 0.6) is 11.5 Å². The molecule has 0 aliphatic carbocycles. The number of ether oxygens (including phenoxy) is 2. The first-order valence-corrected chi connectivity index (χ1v) is 11.3. The third kappa shape index (κ3) is 5.53. The Labute approximate surface area is 182 Å². The lowest BCUT2D eigenvalue weighted by atomic mass is 10.1. The van der Waals surface area contributed by atoms with Crippen LogP contribution in [0.15, 0.2) is 29.6 Å². The standard InChI is InChI=1S/C23H30N2O4S/c1-4-28-20-14-18(23(27)24(3)15-21-17(2)10-13-30-21)8-9-19(20)29-16-22(26)25-11-6-5-7-12-25/h8-10,13-14H,4-7,11-12,15-16H2,1-3H3. The highest BCUT2D eigenvalue weighted by Gasteiger charge is 2.19. The van der Waals surface area contributed by atoms with Crippen molar-refractivity contribution in [2.24, 2.45) is 0 Å². The largest absolute Gasteiger partial charge is 0.490 e. The maximum Gasteiger partial charge on any atom is 0.260 e. The Morgan fingerprint density at radius 1 is 1.10 bits per heavy atom. The number of hydrogen-bond acceptors (Lipinski definition) is 5. The monoisotopic (exact) mass is 430 g/mol. The molecule has 0 spiro atoms. The predicted molar refractivity (Wildman–Crippen MR) is 118 cm³/mol. The highest BCUT2D eigenvalue weighted by atomic mass is 32.1. The Bertz CT molecular complexity index is 874. The van der Waals surface area contributed by atoms with E-state index in [2.05, 4.69) is 13.0 Å². The number of piperidine rings is 1. The number of aryl methyl sites for hydroxylation is 1. The quantitative estimate of drug-likeness (QED) is 0.632. The molecule has 30 heavy (non-hydrogen) atoms. The number of thiophene rings is 1. The van der Waals surface area contributed by atoms with Gasteiger partial charge in [-0.1, -0.05) is 0 Å². The summed E-state index contributed by atoms with van der Waals surface area (Å²) in [6.07, 6.45) is 3.27. The molecule has 0 bridgehead atoms. The fourth-order valence-electron chi connectivity index (χ4n) is 3.48. The minimum absolute atomic E-state index is 0.0108. The Balaban J connectivity index is 1.66. The van der Waals surface area contributed by atoms with Crippen molar-refractivity contribution < 1.29 is 19.1 Å². The van der Waals surface area contributed by atoms with E-state index in [1.54, 1.807) is 41.5 Å². The molecule has 1 saturated heterocycles. The third-order valence-electron chi connectivity index (χ3n) is 5.25. The highest BCUT2D eigenvalue weighted by Crippen LogP contribution is 2.29. The van der Waals surface area contributed by atoms with Gasteiger partial charge < -0.3 is 19.3 Å². The molecule has 1 aliphatic rings. The van der Waals surface area contributed by atoms with Gasteiger partial charge in [-0.25, -0.2) is 0 Å². The number of benzene rings is 1. The van der Waals surface area contributed by atoms with Crippen LogP contribution in [0.25, 0.3) is 0 Å². The van der Waals surface area contributed by atoms with Crippen molar-refractivity contribution in [3.63, 3.8) is 0 Å². The van der Waals surface area contributed by atoms with E-state index in [4.69, 9.17) is 9.47 Å². The molecule has 2 heterocycles. The molecule has 2 aromatic rings. The van der Waals surface area contributed by atoms with Crippen LogP contribution in [0.4, 0.5) is 0 Å². The van der Waals surface area contributed by atoms with Crippen LogP contribution >= 0.6 is 11.3 Å². The summed E-state index contributed by atoms with van der Waals surface area (Å²) in [5.74, 6) is 0.870. The van der Waals surface area contributed by atoms with Gasteiger partial charge in [-0.15, -0.1) is 11.3 Å². The summed E-state index contributed by atoms with van der Waals surface area (Å²) in [6.45, 7) is 6.50. The second-order valence-electron chi connectivity index (χ2n) is 7.51. The summed E-state index contributed by atoms with van der Waals surface area (Å²) < 4.78 is 11.5. The van der Waals surface area contributed by atoms with Crippen LogP contribution in [0.1, 0.15) is 47.0 Å². The van der Waals surface area contributed by atoms with Crippen molar-refractivity contribution in [1.82, 2.24) is 9.80 Å². The Morgan fingerprint density at radius 3 is 2.53 bits per heavy atom. The first-order chi connectivity index (χ1) is 14.5. The van der Waals surface area contributed by atoms with Gasteiger partial charge in [0.25, 0.3) is 11.8 Å². The molecule has 6 nitrogen and oxygen atoms in total. The maximum atomic E-state index is 12.9. The number of carbonyl (C=O) groups excluding carboxylic acids is 2. The number of amides is 2. The lowest BCUT2D eigenvalue weighted by Gasteiger charge is -2.26. The van der Waals surface area contributed by atoms with Gasteiger partial charge in [0.05, 0.1) is 13.2 Å². The first-order valence-electron chi connectivity index (χ1n) is 10.5. The number of nitrogens with zero attached hydrogens (tertiary/aromatic N) is 2. The zero-order valence-corrected chi connectivity index (χ0v) is 18.8. The molecule has 1 aromatic carbocycles. The smallest absolute Gasteiger partial charge is 0.260 e. The SMILES string of the molecule is CCOc1cc(C(=O)N(C)Cc2sccc2C)ccc1OCC(=O)N1CCCCC1. The average Bonchev–Trinajstić information content (AvgIpc) is 3.17. The zero-order valence-electron chi connectivity index (χ0n) is 18.0. The molecular formula is C23H30N2O4S. The van der Waals surface area contributed by atoms with E-state index in [1.165, 1.54) is 16.9 Å². The third-order valence-corrected chi connectivity index (χ3v) is 6.25. The van der Waals surface area contributed by atoms with Gasteiger partial charge in [-0.05, 0) is 68.3 Å². The average molecular weight is 431 g/mol. The van der Waals surface area contributed by atoms with Gasteiger partial charge in [0, 0.05) is 30.6 Å². The van der Waals surface area contributed by atoms with Crippen LogP contribution < -0.4 is 9.47 Å². The van der Waals surface area contributed by atoms with Crippen molar-refractivity contribution in [3.8, 4) is 11.5 Å². The summed E-state index contributed by atoms with van der Waals surface area (Å²) in [6, 6.07) is 7.20. The Kier molecular flexibility index (Phi) is 7.74. The molecule has 1 fully saturated rings. The Morgan fingerprint density at radius 2 is 1.87 bits per heavy atom. The first kappa shape index (κ1) is 22.2. The number of hydrogen-bond donors (Lipinski definition) is 0. The van der Waals surface area contributed by atoms with Gasteiger partial charge in [-0.3, -0.25) is 9.59 Å². The second kappa shape index (κ2) is 10.5. The maximum absolute atomic E-state index is 12.9. The molecule has 2 amide bonds. The number of carbonyl (C=O) groups is 2. The summed E-state index contributed by atoms with van der Waals surface area (Å²) in [4.78, 5) is 30.0. The topological polar surface area (TPSA) is 59.1 Å². The molecule has 3 rings (SSSR count). The molecule has 0 unspecified atom stereocenters. The van der Waals surface area contributed by atoms with Crippen molar-refractivity contribution >= 4 is 23.2 Å². The van der Waals surface area contributed by atoms with Crippen LogP contribution in [-0.4, -0.2) is 55.0 Å². The van der Waals surface area contributed by atoms with Gasteiger partial charge >= 0.3 is 0 Å². The Hall–Kier alpha value is -2.54. The molecule has 0 radical (unpaired) electrons. The second-order valence-corrected chi connectivity index (χ2v) is 8.51. The van der Waals surface area contributed by atoms with Gasteiger partial charge in [0.1, 0.15) is 0 Å². The van der Waals surface area contributed by atoms with E-state index in [0.29, 0.717) is 30.2 Å². The van der Waals surface area contributed by atoms with Gasteiger partial charge in [-0.2, -0.15) is 0 Å². The van der Waals surface area contributed by atoms with E-state index in [0.717, 1.165) is 25.9 Å². The van der Waals surface area contributed by atoms with E-state index in [1.807, 2.05) is 17.2 Å². The van der Waals surface area contributed by atoms with E-state index >= 15 is 0 Å². The van der Waals surface area contributed by atoms with Crippen molar-refractivity contribution in [2.75, 3.05) is 33.4 Å². The molecule has 162 valence electrons. The van der Waals surface area contributed by atoms with Crippen LogP contribution in [0.3, 0.4) is 0 Å². The molecular weight excluding hydrogens is 400 g/mol. The lowest BCUT2D eigenvalue weighted by Crippen LogP contribution is -2.38. The van der Waals surface area contributed by atoms with Crippen LogP contribution in [0, 0.1) is 6.92 Å². The predicted octanol–water partition coefficient (Wildman–Crippen LogP) is 4.12. The van der Waals surface area contributed by atoms with E-state index in [9.17, 15) is 9.59 Å². The van der Waals surface area contributed by atoms with Crippen LogP contribution in [-0.2, 0) is 11.3 Å². The molecule has 1 aromatic heterocycles. The zero-order chi connectivity index (χ0) is 21.5. The lowest BCUT2D eigenvalue weighted by molar-refractivity contribution is -0.134. The number of likely N-dealkylation sites (tertiary alicyclic amines) is 1. The van der Waals surface area contributed by atoms with Crippen molar-refractivity contribution in [3.05, 3.63) is 45.6 Å². The van der Waals surface area contributed by atoms with Crippen LogP contribution in [0.2, 0.25) is 0 Å². The van der Waals surface area contributed by atoms with E-state index < -0.39 is 0 Å².